The zero-order valence-electron chi connectivity index (χ0n) is 8.27. The minimum Gasteiger partial charge on any atom is -0.464 e. The number of carbonyl (C=O) groups is 1. The second kappa shape index (κ2) is 5.54. The van der Waals surface area contributed by atoms with Gasteiger partial charge in [0.05, 0.1) is 6.61 Å². The zero-order valence-corrected chi connectivity index (χ0v) is 9.08. The lowest BCUT2D eigenvalue weighted by Gasteiger charge is -2.04. The van der Waals surface area contributed by atoms with Crippen LogP contribution in [0.1, 0.15) is 18.7 Å². The van der Waals surface area contributed by atoms with Gasteiger partial charge >= 0.3 is 5.97 Å². The number of rotatable bonds is 4. The van der Waals surface area contributed by atoms with Gasteiger partial charge in [-0.25, -0.2) is 4.79 Å². The number of esters is 1. The molecule has 0 aliphatic heterocycles. The van der Waals surface area contributed by atoms with Crippen LogP contribution in [0.2, 0.25) is 0 Å². The van der Waals surface area contributed by atoms with Gasteiger partial charge in [-0.15, -0.1) is 11.3 Å². The molecule has 0 aliphatic carbocycles. The van der Waals surface area contributed by atoms with Crippen molar-refractivity contribution in [3.8, 4) is 0 Å². The summed E-state index contributed by atoms with van der Waals surface area (Å²) in [6.07, 6.45) is 1.70. The highest BCUT2D eigenvalue weighted by Crippen LogP contribution is 2.05. The predicted molar refractivity (Wildman–Crippen MR) is 58.0 cm³/mol. The molecule has 0 N–H and O–H groups in total. The van der Waals surface area contributed by atoms with Crippen LogP contribution in [0.3, 0.4) is 0 Å². The van der Waals surface area contributed by atoms with Crippen molar-refractivity contribution in [1.29, 1.82) is 0 Å². The third kappa shape index (κ3) is 3.30. The monoisotopic (exact) mass is 211 g/mol. The topological polar surface area (TPSA) is 38.7 Å². The minimum absolute atomic E-state index is 0.277. The first kappa shape index (κ1) is 10.9. The molecule has 0 fully saturated rings. The first-order valence-corrected chi connectivity index (χ1v) is 5.35. The van der Waals surface area contributed by atoms with Gasteiger partial charge in [-0.2, -0.15) is 0 Å². The molecule has 76 valence electrons. The van der Waals surface area contributed by atoms with Crippen molar-refractivity contribution in [2.75, 3.05) is 6.61 Å². The van der Waals surface area contributed by atoms with E-state index < -0.39 is 6.04 Å². The molecular weight excluding hydrogens is 198 g/mol. The van der Waals surface area contributed by atoms with Crippen LogP contribution in [0.25, 0.3) is 0 Å². The van der Waals surface area contributed by atoms with Gasteiger partial charge in [0.25, 0.3) is 0 Å². The van der Waals surface area contributed by atoms with E-state index in [2.05, 4.69) is 4.99 Å². The van der Waals surface area contributed by atoms with Crippen LogP contribution in [-0.4, -0.2) is 24.8 Å². The Bertz CT molecular complexity index is 306. The molecule has 1 aromatic rings. The van der Waals surface area contributed by atoms with Crippen LogP contribution >= 0.6 is 11.3 Å². The third-order valence-electron chi connectivity index (χ3n) is 1.60. The number of hydrogen-bond acceptors (Lipinski definition) is 4. The van der Waals surface area contributed by atoms with E-state index in [1.54, 1.807) is 31.4 Å². The second-order valence-corrected chi connectivity index (χ2v) is 3.70. The summed E-state index contributed by atoms with van der Waals surface area (Å²) in [6.45, 7) is 3.91. The molecule has 1 aromatic heterocycles. The molecule has 1 heterocycles. The van der Waals surface area contributed by atoms with Gasteiger partial charge in [0.1, 0.15) is 6.04 Å². The number of nitrogens with zero attached hydrogens (tertiary/aromatic N) is 1. The smallest absolute Gasteiger partial charge is 0.330 e. The maximum atomic E-state index is 11.2. The van der Waals surface area contributed by atoms with Crippen molar-refractivity contribution in [2.24, 2.45) is 4.99 Å². The highest BCUT2D eigenvalue weighted by atomic mass is 32.1. The minimum atomic E-state index is -0.419. The fourth-order valence-corrected chi connectivity index (χ4v) is 1.47. The van der Waals surface area contributed by atoms with Crippen LogP contribution in [-0.2, 0) is 9.53 Å². The Hall–Kier alpha value is -1.16. The normalized spacial score (nSPS) is 13.0. The SMILES string of the molecule is CCOC(=O)C(C)N=Cc1cccs1. The average molecular weight is 211 g/mol. The van der Waals surface area contributed by atoms with Gasteiger partial charge in [-0.05, 0) is 25.3 Å². The first-order chi connectivity index (χ1) is 6.74. The highest BCUT2D eigenvalue weighted by molar-refractivity contribution is 7.11. The molecule has 1 atom stereocenters. The number of carbonyl (C=O) groups excluding carboxylic acids is 1. The van der Waals surface area contributed by atoms with Crippen molar-refractivity contribution in [3.63, 3.8) is 0 Å². The van der Waals surface area contributed by atoms with E-state index in [0.29, 0.717) is 6.61 Å². The summed E-state index contributed by atoms with van der Waals surface area (Å²) in [7, 11) is 0. The van der Waals surface area contributed by atoms with Gasteiger partial charge < -0.3 is 4.74 Å². The summed E-state index contributed by atoms with van der Waals surface area (Å²) in [4.78, 5) is 16.3. The molecule has 0 aromatic carbocycles. The van der Waals surface area contributed by atoms with E-state index in [9.17, 15) is 4.79 Å². The molecule has 0 bridgehead atoms. The molecule has 1 unspecified atom stereocenters. The largest absolute Gasteiger partial charge is 0.464 e. The lowest BCUT2D eigenvalue weighted by molar-refractivity contribution is -0.144. The van der Waals surface area contributed by atoms with Gasteiger partial charge in [0.15, 0.2) is 0 Å². The molecule has 14 heavy (non-hydrogen) atoms. The van der Waals surface area contributed by atoms with E-state index in [4.69, 9.17) is 4.74 Å². The third-order valence-corrected chi connectivity index (χ3v) is 2.40. The van der Waals surface area contributed by atoms with Crippen LogP contribution in [0.15, 0.2) is 22.5 Å². The number of aliphatic imine (C=N–C) groups is 1. The van der Waals surface area contributed by atoms with Crippen molar-refractivity contribution in [3.05, 3.63) is 22.4 Å². The van der Waals surface area contributed by atoms with Crippen LogP contribution in [0.4, 0.5) is 0 Å². The predicted octanol–water partition coefficient (Wildman–Crippen LogP) is 2.12. The Morgan fingerprint density at radius 1 is 1.79 bits per heavy atom. The summed E-state index contributed by atoms with van der Waals surface area (Å²) in [5.74, 6) is -0.277. The van der Waals surface area contributed by atoms with Gasteiger partial charge in [-0.3, -0.25) is 4.99 Å². The Morgan fingerprint density at radius 2 is 2.57 bits per heavy atom. The first-order valence-electron chi connectivity index (χ1n) is 4.47. The molecule has 0 radical (unpaired) electrons. The Morgan fingerprint density at radius 3 is 3.14 bits per heavy atom. The Labute approximate surface area is 87.4 Å². The molecule has 0 saturated heterocycles. The number of hydrogen-bond donors (Lipinski definition) is 0. The van der Waals surface area contributed by atoms with E-state index in [1.807, 2.05) is 17.5 Å². The average Bonchev–Trinajstić information content (AvgIpc) is 2.67. The summed E-state index contributed by atoms with van der Waals surface area (Å²) >= 11 is 1.59. The van der Waals surface area contributed by atoms with Gasteiger partial charge in [0, 0.05) is 11.1 Å². The van der Waals surface area contributed by atoms with Crippen molar-refractivity contribution >= 4 is 23.5 Å². The fourth-order valence-electron chi connectivity index (χ4n) is 0.874. The highest BCUT2D eigenvalue weighted by Gasteiger charge is 2.10. The number of thiophene rings is 1. The quantitative estimate of drug-likeness (QED) is 0.565. The fraction of sp³-hybridized carbons (Fsp3) is 0.400. The van der Waals surface area contributed by atoms with Crippen molar-refractivity contribution in [1.82, 2.24) is 0 Å². The zero-order chi connectivity index (χ0) is 10.4. The van der Waals surface area contributed by atoms with Gasteiger partial charge in [-0.1, -0.05) is 6.07 Å². The van der Waals surface area contributed by atoms with Crippen LogP contribution in [0.5, 0.6) is 0 Å². The summed E-state index contributed by atoms with van der Waals surface area (Å²) < 4.78 is 4.82. The van der Waals surface area contributed by atoms with Crippen molar-refractivity contribution < 1.29 is 9.53 Å². The lowest BCUT2D eigenvalue weighted by Crippen LogP contribution is -2.18. The molecule has 3 nitrogen and oxygen atoms in total. The van der Waals surface area contributed by atoms with Crippen LogP contribution in [0, 0.1) is 0 Å². The molecular formula is C10H13NO2S. The molecule has 1 rings (SSSR count). The van der Waals surface area contributed by atoms with E-state index >= 15 is 0 Å². The summed E-state index contributed by atoms with van der Waals surface area (Å²) in [5, 5.41) is 1.97. The maximum absolute atomic E-state index is 11.2. The van der Waals surface area contributed by atoms with E-state index in [1.165, 1.54) is 0 Å². The molecule has 0 aliphatic rings. The number of ether oxygens (including phenoxy) is 1. The Kier molecular flexibility index (Phi) is 4.32. The lowest BCUT2D eigenvalue weighted by atomic mass is 10.3. The summed E-state index contributed by atoms with van der Waals surface area (Å²) in [5.41, 5.74) is 0. The van der Waals surface area contributed by atoms with E-state index in [0.717, 1.165) is 4.88 Å². The molecule has 4 heteroatoms. The Balaban J connectivity index is 2.47. The molecule has 0 amide bonds. The second-order valence-electron chi connectivity index (χ2n) is 2.72. The van der Waals surface area contributed by atoms with Gasteiger partial charge in [0.2, 0.25) is 0 Å². The molecule has 0 spiro atoms. The van der Waals surface area contributed by atoms with Crippen molar-refractivity contribution in [2.45, 2.75) is 19.9 Å². The molecule has 0 saturated carbocycles. The maximum Gasteiger partial charge on any atom is 0.330 e. The summed E-state index contributed by atoms with van der Waals surface area (Å²) in [6, 6.07) is 3.48. The van der Waals surface area contributed by atoms with Crippen LogP contribution < -0.4 is 0 Å². The standard InChI is InChI=1S/C10H13NO2S/c1-3-13-10(12)8(2)11-7-9-5-4-6-14-9/h4-8H,3H2,1-2H3. The van der Waals surface area contributed by atoms with E-state index in [-0.39, 0.29) is 5.97 Å².